The van der Waals surface area contributed by atoms with Gasteiger partial charge >= 0.3 is 0 Å². The summed E-state index contributed by atoms with van der Waals surface area (Å²) in [4.78, 5) is 0. The van der Waals surface area contributed by atoms with E-state index in [9.17, 15) is 0 Å². The average Bonchev–Trinajstić information content (AvgIpc) is 3.92. The van der Waals surface area contributed by atoms with Crippen molar-refractivity contribution in [2.24, 2.45) is 0 Å². The first-order valence-electron chi connectivity index (χ1n) is 20.4. The van der Waals surface area contributed by atoms with Crippen LogP contribution in [0.1, 0.15) is 22.3 Å². The molecule has 0 fully saturated rings. The summed E-state index contributed by atoms with van der Waals surface area (Å²) in [6.45, 7) is 0. The summed E-state index contributed by atoms with van der Waals surface area (Å²) >= 11 is 0. The Bertz CT molecular complexity index is 3610. The second-order valence-electron chi connectivity index (χ2n) is 16.2. The zero-order chi connectivity index (χ0) is 38.4. The molecule has 2 heteroatoms. The molecule has 3 aliphatic rings. The van der Waals surface area contributed by atoms with E-state index in [2.05, 4.69) is 194 Å². The molecule has 1 spiro atoms. The van der Waals surface area contributed by atoms with Crippen LogP contribution in [0.4, 0.5) is 0 Å². The number of rotatable bonds is 2. The first kappa shape index (κ1) is 31.4. The van der Waals surface area contributed by atoms with Crippen molar-refractivity contribution in [3.63, 3.8) is 0 Å². The minimum Gasteiger partial charge on any atom is -0.456 e. The molecule has 2 aliphatic carbocycles. The van der Waals surface area contributed by atoms with Crippen molar-refractivity contribution in [1.82, 2.24) is 0 Å². The maximum atomic E-state index is 6.81. The number of hydrogen-bond acceptors (Lipinski definition) is 2. The Morgan fingerprint density at radius 3 is 1.71 bits per heavy atom. The molecule has 0 saturated heterocycles. The molecule has 10 aromatic carbocycles. The lowest BCUT2D eigenvalue weighted by molar-refractivity contribution is 0.487. The third-order valence-corrected chi connectivity index (χ3v) is 13.5. The molecule has 0 N–H and O–H groups in total. The van der Waals surface area contributed by atoms with Crippen LogP contribution in [-0.2, 0) is 5.41 Å². The predicted octanol–water partition coefficient (Wildman–Crippen LogP) is 15.3. The minimum atomic E-state index is -0.385. The highest BCUT2D eigenvalue weighted by molar-refractivity contribution is 6.19. The first-order valence-corrected chi connectivity index (χ1v) is 20.4. The first-order chi connectivity index (χ1) is 29.3. The van der Waals surface area contributed by atoms with Gasteiger partial charge in [-0.15, -0.1) is 0 Å². The quantitative estimate of drug-likeness (QED) is 0.176. The zero-order valence-corrected chi connectivity index (χ0v) is 31.8. The van der Waals surface area contributed by atoms with Crippen molar-refractivity contribution in [2.45, 2.75) is 5.41 Å². The molecular formula is C57H32O2. The Labute approximate surface area is 340 Å². The topological polar surface area (TPSA) is 22.4 Å². The molecule has 0 unspecified atom stereocenters. The molecule has 1 aliphatic heterocycles. The maximum Gasteiger partial charge on any atom is 0.136 e. The summed E-state index contributed by atoms with van der Waals surface area (Å²) in [5, 5.41) is 6.94. The fourth-order valence-electron chi connectivity index (χ4n) is 11.2. The minimum absolute atomic E-state index is 0.385. The van der Waals surface area contributed by atoms with Crippen molar-refractivity contribution in [1.29, 1.82) is 0 Å². The normalized spacial score (nSPS) is 13.7. The van der Waals surface area contributed by atoms with Crippen molar-refractivity contribution >= 4 is 43.5 Å². The van der Waals surface area contributed by atoms with Crippen LogP contribution in [0.25, 0.3) is 99.1 Å². The third kappa shape index (κ3) is 3.96. The van der Waals surface area contributed by atoms with Gasteiger partial charge in [-0.1, -0.05) is 158 Å². The summed E-state index contributed by atoms with van der Waals surface area (Å²) in [5.41, 5.74) is 19.1. The Kier molecular flexibility index (Phi) is 5.99. The van der Waals surface area contributed by atoms with Crippen LogP contribution in [-0.4, -0.2) is 0 Å². The largest absolute Gasteiger partial charge is 0.456 e. The number of hydrogen-bond donors (Lipinski definition) is 0. The van der Waals surface area contributed by atoms with Crippen LogP contribution in [0.15, 0.2) is 199 Å². The number of benzene rings is 10. The second kappa shape index (κ2) is 11.2. The van der Waals surface area contributed by atoms with Gasteiger partial charge in [0.25, 0.3) is 0 Å². The van der Waals surface area contributed by atoms with Crippen LogP contribution in [0.5, 0.6) is 11.5 Å². The standard InChI is InChI=1S/C57H32O2/c1-2-13-34-32-53-45(30-33(34)12-1)56-41(20-11-25-51(56)59-53)37-27-29-52-55-40(37)18-9-19-42(55)44-31-35(26-28-50(44)58-52)36-17-10-24-49-54(36)43-16-5-8-23-48(43)57(49)46-21-6-3-14-38(46)39-15-4-7-22-47(39)57/h1-32H. The van der Waals surface area contributed by atoms with E-state index in [0.717, 1.165) is 60.9 Å². The predicted molar refractivity (Wildman–Crippen MR) is 241 cm³/mol. The smallest absolute Gasteiger partial charge is 0.136 e. The Morgan fingerprint density at radius 2 is 0.915 bits per heavy atom. The van der Waals surface area contributed by atoms with Gasteiger partial charge in [-0.05, 0) is 125 Å². The van der Waals surface area contributed by atoms with Gasteiger partial charge in [-0.25, -0.2) is 0 Å². The highest BCUT2D eigenvalue weighted by atomic mass is 16.5. The Balaban J connectivity index is 0.970. The molecule has 59 heavy (non-hydrogen) atoms. The lowest BCUT2D eigenvalue weighted by Gasteiger charge is -2.30. The van der Waals surface area contributed by atoms with Crippen molar-refractivity contribution < 1.29 is 9.15 Å². The molecule has 0 saturated carbocycles. The second-order valence-corrected chi connectivity index (χ2v) is 16.2. The van der Waals surface area contributed by atoms with Crippen LogP contribution < -0.4 is 4.74 Å². The molecule has 1 aromatic heterocycles. The molecule has 11 aromatic rings. The van der Waals surface area contributed by atoms with Gasteiger partial charge in [-0.2, -0.15) is 0 Å². The van der Waals surface area contributed by atoms with Gasteiger partial charge in [0.2, 0.25) is 0 Å². The van der Waals surface area contributed by atoms with E-state index < -0.39 is 0 Å². The third-order valence-electron chi connectivity index (χ3n) is 13.5. The number of ether oxygens (including phenoxy) is 1. The lowest BCUT2D eigenvalue weighted by atomic mass is 9.70. The fraction of sp³-hybridized carbons (Fsp3) is 0.0175. The molecule has 272 valence electrons. The number of fused-ring (bicyclic) bond motifs is 16. The molecule has 0 amide bonds. The van der Waals surface area contributed by atoms with E-state index >= 15 is 0 Å². The average molecular weight is 749 g/mol. The van der Waals surface area contributed by atoms with E-state index in [4.69, 9.17) is 9.15 Å². The van der Waals surface area contributed by atoms with E-state index in [1.165, 1.54) is 72.0 Å². The van der Waals surface area contributed by atoms with Crippen LogP contribution in [0, 0.1) is 0 Å². The van der Waals surface area contributed by atoms with Gasteiger partial charge in [-0.3, -0.25) is 0 Å². The zero-order valence-electron chi connectivity index (χ0n) is 31.8. The van der Waals surface area contributed by atoms with Crippen LogP contribution >= 0.6 is 0 Å². The van der Waals surface area contributed by atoms with Gasteiger partial charge in [0.15, 0.2) is 0 Å². The number of furan rings is 1. The summed E-state index contributed by atoms with van der Waals surface area (Å²) in [5.74, 6) is 1.75. The summed E-state index contributed by atoms with van der Waals surface area (Å²) in [6.07, 6.45) is 0. The summed E-state index contributed by atoms with van der Waals surface area (Å²) < 4.78 is 13.3. The fourth-order valence-corrected chi connectivity index (χ4v) is 11.2. The van der Waals surface area contributed by atoms with E-state index in [1.54, 1.807) is 0 Å². The van der Waals surface area contributed by atoms with Crippen molar-refractivity contribution in [3.8, 4) is 67.1 Å². The van der Waals surface area contributed by atoms with Crippen molar-refractivity contribution in [3.05, 3.63) is 216 Å². The lowest BCUT2D eigenvalue weighted by Crippen LogP contribution is -2.25. The molecule has 0 bridgehead atoms. The monoisotopic (exact) mass is 748 g/mol. The molecule has 14 rings (SSSR count). The van der Waals surface area contributed by atoms with Crippen LogP contribution in [0.2, 0.25) is 0 Å². The Hall–Kier alpha value is -7.68. The molecule has 2 heterocycles. The van der Waals surface area contributed by atoms with E-state index in [0.29, 0.717) is 0 Å². The van der Waals surface area contributed by atoms with Gasteiger partial charge in [0.1, 0.15) is 22.7 Å². The Morgan fingerprint density at radius 1 is 0.322 bits per heavy atom. The SMILES string of the molecule is c1ccc2c(c1)-c1ccccc1C21c2ccccc2-c2c(-c3ccc4c(c3)-c3cccc5c(-c6cccc7oc8cc9ccccc9cc8c67)ccc(c35)O4)cccc21. The molecule has 0 radical (unpaired) electrons. The van der Waals surface area contributed by atoms with Gasteiger partial charge in [0.05, 0.1) is 5.41 Å². The van der Waals surface area contributed by atoms with Crippen LogP contribution in [0.3, 0.4) is 0 Å². The van der Waals surface area contributed by atoms with E-state index in [-0.39, 0.29) is 5.41 Å². The summed E-state index contributed by atoms with van der Waals surface area (Å²) in [6, 6.07) is 71.2. The maximum absolute atomic E-state index is 6.81. The molecule has 0 atom stereocenters. The molecular weight excluding hydrogens is 717 g/mol. The highest BCUT2D eigenvalue weighted by Gasteiger charge is 2.52. The van der Waals surface area contributed by atoms with Crippen molar-refractivity contribution in [2.75, 3.05) is 0 Å². The van der Waals surface area contributed by atoms with E-state index in [1.807, 2.05) is 0 Å². The molecule has 2 nitrogen and oxygen atoms in total. The van der Waals surface area contributed by atoms with Gasteiger partial charge in [0, 0.05) is 21.7 Å². The summed E-state index contributed by atoms with van der Waals surface area (Å²) in [7, 11) is 0. The highest BCUT2D eigenvalue weighted by Crippen LogP contribution is 2.64. The van der Waals surface area contributed by atoms with Gasteiger partial charge < -0.3 is 9.15 Å².